The normalized spacial score (nSPS) is 7.05. The number of aromatic nitrogens is 1. The van der Waals surface area contributed by atoms with E-state index >= 15 is 0 Å². The van der Waals surface area contributed by atoms with Crippen LogP contribution >= 0.6 is 0 Å². The predicted octanol–water partition coefficient (Wildman–Crippen LogP) is 1.95. The minimum absolute atomic E-state index is 1.13. The van der Waals surface area contributed by atoms with E-state index in [9.17, 15) is 0 Å². The molecule has 1 aromatic heterocycles. The third-order valence-electron chi connectivity index (χ3n) is 1.86. The molecule has 94 valence electrons. The van der Waals surface area contributed by atoms with Gasteiger partial charge in [0.15, 0.2) is 0 Å². The summed E-state index contributed by atoms with van der Waals surface area (Å²) in [7, 11) is 0. The molecular weight excluding hydrogens is 282 g/mol. The molecule has 0 radical (unpaired) electrons. The van der Waals surface area contributed by atoms with E-state index in [1.54, 1.807) is 0 Å². The van der Waals surface area contributed by atoms with Crippen molar-refractivity contribution in [1.29, 1.82) is 0 Å². The zero-order chi connectivity index (χ0) is 15.1. The second kappa shape index (κ2) is 14.2. The average Bonchev–Trinajstić information content (AvgIpc) is 3.08. The van der Waals surface area contributed by atoms with Gasteiger partial charge in [-0.05, 0) is 0 Å². The Morgan fingerprint density at radius 1 is 0.789 bits per heavy atom. The van der Waals surface area contributed by atoms with Crippen molar-refractivity contribution in [3.05, 3.63) is 80.4 Å². The molecule has 1 aromatic carbocycles. The predicted molar refractivity (Wildman–Crippen MR) is 62.2 cm³/mol. The summed E-state index contributed by atoms with van der Waals surface area (Å²) in [4.78, 5) is 0. The molecule has 19 heavy (non-hydrogen) atoms. The minimum atomic E-state index is 1.13. The van der Waals surface area contributed by atoms with Gasteiger partial charge in [-0.1, -0.05) is 0 Å². The molecule has 0 bridgehead atoms. The SMILES string of the molecule is [C-]#[O+].[C-]#[O+].[C-]#[O+].[Cr]=[C](c1ccccc1)n1cccc1. The molecule has 0 saturated carbocycles. The Morgan fingerprint density at radius 2 is 1.21 bits per heavy atom. The van der Waals surface area contributed by atoms with E-state index in [1.165, 1.54) is 5.56 Å². The zero-order valence-corrected chi connectivity index (χ0v) is 11.1. The summed E-state index contributed by atoms with van der Waals surface area (Å²) < 4.78 is 25.7. The molecule has 4 nitrogen and oxygen atoms in total. The summed E-state index contributed by atoms with van der Waals surface area (Å²) in [6, 6.07) is 14.3. The van der Waals surface area contributed by atoms with Gasteiger partial charge < -0.3 is 0 Å². The first-order chi connectivity index (χ1) is 9.38. The van der Waals surface area contributed by atoms with Crippen molar-refractivity contribution in [3.63, 3.8) is 0 Å². The van der Waals surface area contributed by atoms with Gasteiger partial charge in [0.1, 0.15) is 0 Å². The van der Waals surface area contributed by atoms with Crippen LogP contribution in [0.4, 0.5) is 0 Å². The molecule has 0 atom stereocenters. The number of hydrogen-bond donors (Lipinski definition) is 0. The van der Waals surface area contributed by atoms with Crippen molar-refractivity contribution >= 4 is 4.50 Å². The van der Waals surface area contributed by atoms with Crippen LogP contribution in [0.15, 0.2) is 54.9 Å². The number of nitrogens with zero attached hydrogens (tertiary/aromatic N) is 1. The van der Waals surface area contributed by atoms with Crippen LogP contribution < -0.4 is 0 Å². The van der Waals surface area contributed by atoms with Crippen LogP contribution in [0.25, 0.3) is 0 Å². The second-order valence-corrected chi connectivity index (χ2v) is 3.37. The van der Waals surface area contributed by atoms with E-state index in [2.05, 4.69) is 52.5 Å². The second-order valence-electron chi connectivity index (χ2n) is 2.76. The standard InChI is InChI=1S/C11H9N.3CO.Cr/c1-2-6-11(7-3-1)10-12-8-4-5-9-12;3*1-2;/h1-9H;;;;. The first-order valence-corrected chi connectivity index (χ1v) is 5.35. The first kappa shape index (κ1) is 19.5. The van der Waals surface area contributed by atoms with Crippen molar-refractivity contribution in [3.8, 4) is 0 Å². The van der Waals surface area contributed by atoms with E-state index in [4.69, 9.17) is 14.0 Å². The van der Waals surface area contributed by atoms with Gasteiger partial charge in [0.2, 0.25) is 0 Å². The van der Waals surface area contributed by atoms with E-state index < -0.39 is 0 Å². The molecule has 0 saturated heterocycles. The average molecular weight is 291 g/mol. The third-order valence-corrected chi connectivity index (χ3v) is 2.56. The van der Waals surface area contributed by atoms with Crippen LogP contribution in [0.1, 0.15) is 5.56 Å². The quantitative estimate of drug-likeness (QED) is 0.599. The van der Waals surface area contributed by atoms with Crippen LogP contribution in [0.2, 0.25) is 0 Å². The fourth-order valence-electron chi connectivity index (χ4n) is 1.20. The maximum atomic E-state index is 7.50. The molecule has 0 aliphatic carbocycles. The molecule has 0 aliphatic rings. The molecule has 0 unspecified atom stereocenters. The molecule has 2 aromatic rings. The van der Waals surface area contributed by atoms with Gasteiger partial charge >= 0.3 is 119 Å². The Balaban J connectivity index is 0. The molecule has 0 amide bonds. The van der Waals surface area contributed by atoms with Gasteiger partial charge in [0.05, 0.1) is 0 Å². The van der Waals surface area contributed by atoms with Crippen molar-refractivity contribution < 1.29 is 29.8 Å². The molecular formula is C14H9CrNO3. The van der Waals surface area contributed by atoms with E-state index in [0.29, 0.717) is 0 Å². The summed E-state index contributed by atoms with van der Waals surface area (Å²) in [6.07, 6.45) is 4.05. The van der Waals surface area contributed by atoms with E-state index in [0.717, 1.165) is 4.50 Å². The monoisotopic (exact) mass is 291 g/mol. The third kappa shape index (κ3) is 7.21. The Bertz CT molecular complexity index is 498. The first-order valence-electron chi connectivity index (χ1n) is 4.72. The van der Waals surface area contributed by atoms with Gasteiger partial charge in [0.25, 0.3) is 0 Å². The Morgan fingerprint density at radius 3 is 1.63 bits per heavy atom. The Kier molecular flexibility index (Phi) is 14.5. The van der Waals surface area contributed by atoms with Gasteiger partial charge in [-0.2, -0.15) is 0 Å². The molecule has 0 fully saturated rings. The summed E-state index contributed by atoms with van der Waals surface area (Å²) in [5.41, 5.74) is 1.21. The summed E-state index contributed by atoms with van der Waals surface area (Å²) in [5, 5.41) is 0. The van der Waals surface area contributed by atoms with E-state index in [1.807, 2.05) is 42.7 Å². The van der Waals surface area contributed by atoms with Crippen LogP contribution in [0, 0.1) is 20.0 Å². The van der Waals surface area contributed by atoms with Gasteiger partial charge in [0, 0.05) is 0 Å². The van der Waals surface area contributed by atoms with Crippen LogP contribution in [0.5, 0.6) is 0 Å². The maximum absolute atomic E-state index is 7.50. The van der Waals surface area contributed by atoms with Crippen LogP contribution in [-0.4, -0.2) is 9.07 Å². The molecule has 1 heterocycles. The van der Waals surface area contributed by atoms with Crippen molar-refractivity contribution in [2.45, 2.75) is 0 Å². The zero-order valence-electron chi connectivity index (χ0n) is 9.78. The summed E-state index contributed by atoms with van der Waals surface area (Å²) in [6.45, 7) is 13.5. The fourth-order valence-corrected chi connectivity index (χ4v) is 1.60. The van der Waals surface area contributed by atoms with E-state index in [-0.39, 0.29) is 0 Å². The molecule has 2 rings (SSSR count). The topological polar surface area (TPSA) is 64.6 Å². The number of benzene rings is 1. The van der Waals surface area contributed by atoms with Gasteiger partial charge in [-0.3, -0.25) is 0 Å². The van der Waals surface area contributed by atoms with Crippen molar-refractivity contribution in [2.24, 2.45) is 0 Å². The van der Waals surface area contributed by atoms with Gasteiger partial charge in [-0.25, -0.2) is 0 Å². The molecule has 5 heteroatoms. The van der Waals surface area contributed by atoms with Crippen molar-refractivity contribution in [1.82, 2.24) is 4.57 Å². The molecule has 0 N–H and O–H groups in total. The summed E-state index contributed by atoms with van der Waals surface area (Å²) >= 11 is 3.08. The Labute approximate surface area is 119 Å². The number of hydrogen-bond acceptors (Lipinski definition) is 0. The number of rotatable bonds is 2. The van der Waals surface area contributed by atoms with Crippen molar-refractivity contribution in [2.75, 3.05) is 0 Å². The van der Waals surface area contributed by atoms with Crippen LogP contribution in [-0.2, 0) is 29.8 Å². The fraction of sp³-hybridized carbons (Fsp3) is 0. The molecule has 0 aliphatic heterocycles. The summed E-state index contributed by atoms with van der Waals surface area (Å²) in [5.74, 6) is 0. The molecule has 0 spiro atoms. The Hall–Kier alpha value is -1.88. The van der Waals surface area contributed by atoms with Gasteiger partial charge in [-0.15, -0.1) is 0 Å². The van der Waals surface area contributed by atoms with Crippen LogP contribution in [0.3, 0.4) is 0 Å².